The average Bonchev–Trinajstić information content (AvgIpc) is 2.17. The van der Waals surface area contributed by atoms with Gasteiger partial charge >= 0.3 is 11.9 Å². The second-order valence-electron chi connectivity index (χ2n) is 3.85. The predicted molar refractivity (Wildman–Crippen MR) is 49.6 cm³/mol. The van der Waals surface area contributed by atoms with Crippen molar-refractivity contribution in [1.29, 1.82) is 0 Å². The van der Waals surface area contributed by atoms with E-state index in [2.05, 4.69) is 6.92 Å². The molecule has 2 N–H and O–H groups in total. The number of carbonyl (C=O) groups is 2. The van der Waals surface area contributed by atoms with Gasteiger partial charge < -0.3 is 10.2 Å². The topological polar surface area (TPSA) is 74.6 Å². The minimum Gasteiger partial charge on any atom is -0.481 e. The zero-order valence-electron chi connectivity index (χ0n) is 8.03. The van der Waals surface area contributed by atoms with Crippen molar-refractivity contribution in [2.75, 3.05) is 0 Å². The highest BCUT2D eigenvalue weighted by molar-refractivity contribution is 5.83. The Morgan fingerprint density at radius 3 is 2.36 bits per heavy atom. The van der Waals surface area contributed by atoms with E-state index in [0.29, 0.717) is 12.8 Å². The van der Waals surface area contributed by atoms with Crippen LogP contribution >= 0.6 is 0 Å². The highest BCUT2D eigenvalue weighted by Gasteiger charge is 2.49. The molecule has 0 spiro atoms. The molecule has 14 heavy (non-hydrogen) atoms. The zero-order chi connectivity index (χ0) is 10.8. The molecule has 4 nitrogen and oxygen atoms in total. The molecule has 0 amide bonds. The van der Waals surface area contributed by atoms with Crippen LogP contribution in [0.5, 0.6) is 0 Å². The molecule has 1 radical (unpaired) electrons. The summed E-state index contributed by atoms with van der Waals surface area (Å²) in [5, 5.41) is 18.1. The van der Waals surface area contributed by atoms with Gasteiger partial charge in [0.2, 0.25) is 0 Å². The molecular weight excluding hydrogens is 184 g/mol. The molecule has 0 bridgehead atoms. The van der Waals surface area contributed by atoms with E-state index in [0.717, 1.165) is 12.8 Å². The highest BCUT2D eigenvalue weighted by atomic mass is 16.4. The first-order valence-electron chi connectivity index (χ1n) is 4.80. The summed E-state index contributed by atoms with van der Waals surface area (Å²) in [4.78, 5) is 22.1. The van der Waals surface area contributed by atoms with E-state index >= 15 is 0 Å². The molecule has 0 aromatic heterocycles. The minimum atomic E-state index is -1.13. The van der Waals surface area contributed by atoms with Gasteiger partial charge in [0.15, 0.2) is 0 Å². The predicted octanol–water partition coefficient (Wildman–Crippen LogP) is 1.56. The van der Waals surface area contributed by atoms with Gasteiger partial charge in [-0.15, -0.1) is 0 Å². The van der Waals surface area contributed by atoms with Crippen molar-refractivity contribution in [3.05, 3.63) is 6.92 Å². The first kappa shape index (κ1) is 11.0. The van der Waals surface area contributed by atoms with Crippen LogP contribution in [0.15, 0.2) is 0 Å². The van der Waals surface area contributed by atoms with E-state index < -0.39 is 23.3 Å². The third-order valence-electron chi connectivity index (χ3n) is 3.20. The van der Waals surface area contributed by atoms with Crippen LogP contribution in [0, 0.1) is 18.3 Å². The third-order valence-corrected chi connectivity index (χ3v) is 3.20. The SMILES string of the molecule is [CH2]CC1(C(=O)O)CCCCC1C(=O)O. The Morgan fingerprint density at radius 1 is 1.36 bits per heavy atom. The molecule has 1 saturated carbocycles. The van der Waals surface area contributed by atoms with E-state index in [1.165, 1.54) is 0 Å². The summed E-state index contributed by atoms with van der Waals surface area (Å²) in [6.45, 7) is 3.59. The second kappa shape index (κ2) is 3.98. The quantitative estimate of drug-likeness (QED) is 0.723. The number of rotatable bonds is 3. The number of carboxylic acids is 2. The first-order chi connectivity index (χ1) is 6.54. The molecule has 1 aliphatic rings. The molecule has 4 heteroatoms. The fourth-order valence-electron chi connectivity index (χ4n) is 2.26. The van der Waals surface area contributed by atoms with Crippen LogP contribution in [-0.4, -0.2) is 22.2 Å². The van der Waals surface area contributed by atoms with Crippen LogP contribution in [0.2, 0.25) is 0 Å². The van der Waals surface area contributed by atoms with Crippen LogP contribution in [0.25, 0.3) is 0 Å². The number of hydrogen-bond acceptors (Lipinski definition) is 2. The summed E-state index contributed by atoms with van der Waals surface area (Å²) in [5.74, 6) is -2.79. The third kappa shape index (κ3) is 1.61. The van der Waals surface area contributed by atoms with Crippen molar-refractivity contribution in [2.45, 2.75) is 32.1 Å². The molecule has 0 aliphatic heterocycles. The molecule has 2 atom stereocenters. The molecule has 0 saturated heterocycles. The maximum atomic E-state index is 11.1. The summed E-state index contributed by atoms with van der Waals surface area (Å²) in [6.07, 6.45) is 2.62. The summed E-state index contributed by atoms with van der Waals surface area (Å²) in [7, 11) is 0. The normalized spacial score (nSPS) is 32.5. The Balaban J connectivity index is 2.98. The van der Waals surface area contributed by atoms with E-state index in [1.807, 2.05) is 0 Å². The lowest BCUT2D eigenvalue weighted by atomic mass is 9.64. The lowest BCUT2D eigenvalue weighted by Gasteiger charge is -2.37. The molecule has 1 rings (SSSR count). The van der Waals surface area contributed by atoms with Gasteiger partial charge in [0.1, 0.15) is 0 Å². The van der Waals surface area contributed by atoms with Gasteiger partial charge in [-0.05, 0) is 19.3 Å². The van der Waals surface area contributed by atoms with Crippen LogP contribution in [0.4, 0.5) is 0 Å². The van der Waals surface area contributed by atoms with Crippen molar-refractivity contribution in [3.8, 4) is 0 Å². The van der Waals surface area contributed by atoms with Crippen LogP contribution in [0.3, 0.4) is 0 Å². The summed E-state index contributed by atoms with van der Waals surface area (Å²) < 4.78 is 0. The molecule has 1 aliphatic carbocycles. The Morgan fingerprint density at radius 2 is 2.00 bits per heavy atom. The standard InChI is InChI=1S/C10H15O4/c1-2-10(9(13)14)6-4-3-5-7(10)8(11)12/h7H,1-6H2,(H,11,12)(H,13,14). The van der Waals surface area contributed by atoms with Gasteiger partial charge in [-0.2, -0.15) is 0 Å². The fourth-order valence-corrected chi connectivity index (χ4v) is 2.26. The maximum Gasteiger partial charge on any atom is 0.310 e. The van der Waals surface area contributed by atoms with Crippen molar-refractivity contribution >= 4 is 11.9 Å². The maximum absolute atomic E-state index is 11.1. The lowest BCUT2D eigenvalue weighted by Crippen LogP contribution is -2.44. The second-order valence-corrected chi connectivity index (χ2v) is 3.85. The molecule has 79 valence electrons. The summed E-state index contributed by atoms with van der Waals surface area (Å²) in [5.41, 5.74) is -1.13. The Bertz CT molecular complexity index is 249. The van der Waals surface area contributed by atoms with E-state index in [9.17, 15) is 9.59 Å². The molecule has 0 aromatic carbocycles. The minimum absolute atomic E-state index is 0.152. The van der Waals surface area contributed by atoms with Crippen molar-refractivity contribution in [3.63, 3.8) is 0 Å². The summed E-state index contributed by atoms with van der Waals surface area (Å²) >= 11 is 0. The molecule has 0 aromatic rings. The van der Waals surface area contributed by atoms with Crippen molar-refractivity contribution < 1.29 is 19.8 Å². The molecule has 1 fully saturated rings. The van der Waals surface area contributed by atoms with E-state index in [-0.39, 0.29) is 6.42 Å². The van der Waals surface area contributed by atoms with E-state index in [1.54, 1.807) is 0 Å². The van der Waals surface area contributed by atoms with Gasteiger partial charge in [-0.25, -0.2) is 0 Å². The Kier molecular flexibility index (Phi) is 3.13. The summed E-state index contributed by atoms with van der Waals surface area (Å²) in [6, 6.07) is 0. The molecule has 2 unspecified atom stereocenters. The number of hydrogen-bond donors (Lipinski definition) is 2. The van der Waals surface area contributed by atoms with E-state index in [4.69, 9.17) is 10.2 Å². The van der Waals surface area contributed by atoms with Gasteiger partial charge in [-0.1, -0.05) is 19.8 Å². The van der Waals surface area contributed by atoms with Gasteiger partial charge in [0, 0.05) is 0 Å². The lowest BCUT2D eigenvalue weighted by molar-refractivity contribution is -0.165. The smallest absolute Gasteiger partial charge is 0.310 e. The number of aliphatic carboxylic acids is 2. The Hall–Kier alpha value is -1.06. The zero-order valence-corrected chi connectivity index (χ0v) is 8.03. The molecular formula is C10H15O4. The van der Waals surface area contributed by atoms with Crippen LogP contribution in [-0.2, 0) is 9.59 Å². The van der Waals surface area contributed by atoms with Gasteiger partial charge in [0.05, 0.1) is 11.3 Å². The van der Waals surface area contributed by atoms with Gasteiger partial charge in [0.25, 0.3) is 0 Å². The van der Waals surface area contributed by atoms with Crippen LogP contribution in [0.1, 0.15) is 32.1 Å². The van der Waals surface area contributed by atoms with Crippen molar-refractivity contribution in [2.24, 2.45) is 11.3 Å². The number of carboxylic acid groups (broad SMARTS) is 2. The average molecular weight is 199 g/mol. The fraction of sp³-hybridized carbons (Fsp3) is 0.700. The highest BCUT2D eigenvalue weighted by Crippen LogP contribution is 2.44. The first-order valence-corrected chi connectivity index (χ1v) is 4.80. The largest absolute Gasteiger partial charge is 0.481 e. The molecule has 0 heterocycles. The van der Waals surface area contributed by atoms with Gasteiger partial charge in [-0.3, -0.25) is 9.59 Å². The monoisotopic (exact) mass is 199 g/mol. The van der Waals surface area contributed by atoms with Crippen molar-refractivity contribution in [1.82, 2.24) is 0 Å². The Labute approximate surface area is 82.9 Å². The van der Waals surface area contributed by atoms with Crippen LogP contribution < -0.4 is 0 Å².